The summed E-state index contributed by atoms with van der Waals surface area (Å²) in [5, 5.41) is 3.72. The highest BCUT2D eigenvalue weighted by Gasteiger charge is 2.27. The molecule has 22 heavy (non-hydrogen) atoms. The summed E-state index contributed by atoms with van der Waals surface area (Å²) in [6, 6.07) is 7.07. The van der Waals surface area contributed by atoms with E-state index in [0.29, 0.717) is 10.6 Å². The number of amides is 1. The molecule has 0 saturated carbocycles. The number of nitrogens with one attached hydrogen (secondary N) is 1. The van der Waals surface area contributed by atoms with Crippen molar-refractivity contribution in [3.8, 4) is 0 Å². The number of hydrogen-bond acceptors (Lipinski definition) is 3. The van der Waals surface area contributed by atoms with Crippen molar-refractivity contribution < 1.29 is 9.59 Å². The van der Waals surface area contributed by atoms with Gasteiger partial charge in [-0.15, -0.1) is 12.4 Å². The zero-order valence-corrected chi connectivity index (χ0v) is 14.3. The van der Waals surface area contributed by atoms with Gasteiger partial charge in [0.05, 0.1) is 0 Å². The van der Waals surface area contributed by atoms with Crippen LogP contribution in [0.15, 0.2) is 24.3 Å². The van der Waals surface area contributed by atoms with Gasteiger partial charge in [-0.25, -0.2) is 0 Å². The number of rotatable bonds is 6. The van der Waals surface area contributed by atoms with Gasteiger partial charge in [0.1, 0.15) is 0 Å². The molecule has 1 aliphatic rings. The number of nitrogens with zero attached hydrogens (tertiary/aromatic N) is 1. The van der Waals surface area contributed by atoms with Gasteiger partial charge < -0.3 is 10.2 Å². The van der Waals surface area contributed by atoms with E-state index in [4.69, 9.17) is 11.6 Å². The lowest BCUT2D eigenvalue weighted by Crippen LogP contribution is -2.40. The number of carbonyl (C=O) groups is 2. The number of ketones is 1. The van der Waals surface area contributed by atoms with E-state index in [1.807, 2.05) is 11.9 Å². The molecule has 1 N–H and O–H groups in total. The Morgan fingerprint density at radius 3 is 2.59 bits per heavy atom. The highest BCUT2D eigenvalue weighted by atomic mass is 35.5. The predicted molar refractivity (Wildman–Crippen MR) is 90.9 cm³/mol. The van der Waals surface area contributed by atoms with Crippen molar-refractivity contribution in [1.82, 2.24) is 10.2 Å². The largest absolute Gasteiger partial charge is 0.338 e. The first-order chi connectivity index (χ1) is 10.1. The number of hydrogen-bond donors (Lipinski definition) is 1. The molecule has 1 atom stereocenters. The van der Waals surface area contributed by atoms with Crippen LogP contribution in [0.1, 0.15) is 36.0 Å². The summed E-state index contributed by atoms with van der Waals surface area (Å²) in [7, 11) is 1.89. The molecule has 0 bridgehead atoms. The Balaban J connectivity index is 0.00000242. The summed E-state index contributed by atoms with van der Waals surface area (Å²) in [5.74, 6) is 0.0689. The van der Waals surface area contributed by atoms with Crippen LogP contribution in [-0.2, 0) is 4.79 Å². The number of benzene rings is 1. The SMILES string of the molecule is CNCC1CCCN1C(=O)CCC(=O)c1ccc(Cl)cc1.Cl. The molecule has 1 saturated heterocycles. The van der Waals surface area contributed by atoms with Crippen LogP contribution in [-0.4, -0.2) is 42.8 Å². The zero-order chi connectivity index (χ0) is 15.2. The second-order valence-electron chi connectivity index (χ2n) is 5.37. The minimum atomic E-state index is -0.00983. The normalized spacial score (nSPS) is 17.2. The fourth-order valence-corrected chi connectivity index (χ4v) is 2.88. The van der Waals surface area contributed by atoms with Gasteiger partial charge in [0.2, 0.25) is 5.91 Å². The summed E-state index contributed by atoms with van der Waals surface area (Å²) in [6.45, 7) is 1.62. The van der Waals surface area contributed by atoms with Crippen molar-refractivity contribution in [3.63, 3.8) is 0 Å². The molecule has 1 fully saturated rings. The summed E-state index contributed by atoms with van der Waals surface area (Å²) in [5.41, 5.74) is 0.611. The minimum Gasteiger partial charge on any atom is -0.338 e. The molecule has 0 aliphatic carbocycles. The Bertz CT molecular complexity index is 505. The minimum absolute atomic E-state index is 0. The van der Waals surface area contributed by atoms with Crippen molar-refractivity contribution >= 4 is 35.7 Å². The van der Waals surface area contributed by atoms with Crippen LogP contribution in [0, 0.1) is 0 Å². The monoisotopic (exact) mass is 344 g/mol. The molecular formula is C16H22Cl2N2O2. The van der Waals surface area contributed by atoms with E-state index in [-0.39, 0.29) is 43.0 Å². The lowest BCUT2D eigenvalue weighted by atomic mass is 10.1. The van der Waals surface area contributed by atoms with Gasteiger partial charge in [-0.3, -0.25) is 9.59 Å². The number of carbonyl (C=O) groups excluding carboxylic acids is 2. The van der Waals surface area contributed by atoms with Crippen LogP contribution in [0.2, 0.25) is 5.02 Å². The van der Waals surface area contributed by atoms with E-state index in [9.17, 15) is 9.59 Å². The standard InChI is InChI=1S/C16H21ClN2O2.ClH/c1-18-11-14-3-2-10-19(14)16(21)9-8-15(20)12-4-6-13(17)7-5-12;/h4-7,14,18H,2-3,8-11H2,1H3;1H. The first-order valence-electron chi connectivity index (χ1n) is 7.34. The maximum atomic E-state index is 12.2. The molecule has 6 heteroatoms. The topological polar surface area (TPSA) is 49.4 Å². The van der Waals surface area contributed by atoms with Gasteiger partial charge in [-0.05, 0) is 44.2 Å². The van der Waals surface area contributed by atoms with Gasteiger partial charge in [0, 0.05) is 42.6 Å². The fraction of sp³-hybridized carbons (Fsp3) is 0.500. The highest BCUT2D eigenvalue weighted by Crippen LogP contribution is 2.19. The third-order valence-corrected chi connectivity index (χ3v) is 4.12. The van der Waals surface area contributed by atoms with E-state index in [1.54, 1.807) is 24.3 Å². The van der Waals surface area contributed by atoms with Crippen molar-refractivity contribution in [2.75, 3.05) is 20.1 Å². The molecule has 122 valence electrons. The Labute approximate surface area is 142 Å². The average Bonchev–Trinajstić information content (AvgIpc) is 2.94. The Morgan fingerprint density at radius 1 is 1.27 bits per heavy atom. The van der Waals surface area contributed by atoms with E-state index in [2.05, 4.69) is 5.32 Å². The summed E-state index contributed by atoms with van der Waals surface area (Å²) >= 11 is 5.80. The third-order valence-electron chi connectivity index (χ3n) is 3.87. The molecule has 1 aromatic carbocycles. The maximum Gasteiger partial charge on any atom is 0.223 e. The smallest absolute Gasteiger partial charge is 0.223 e. The van der Waals surface area contributed by atoms with Crippen molar-refractivity contribution in [3.05, 3.63) is 34.9 Å². The van der Waals surface area contributed by atoms with Crippen LogP contribution in [0.4, 0.5) is 0 Å². The molecule has 1 aliphatic heterocycles. The van der Waals surface area contributed by atoms with Crippen LogP contribution >= 0.6 is 24.0 Å². The molecule has 1 heterocycles. The second kappa shape index (κ2) is 9.13. The summed E-state index contributed by atoms with van der Waals surface area (Å²) < 4.78 is 0. The zero-order valence-electron chi connectivity index (χ0n) is 12.7. The molecule has 1 unspecified atom stereocenters. The van der Waals surface area contributed by atoms with Crippen molar-refractivity contribution in [2.24, 2.45) is 0 Å². The average molecular weight is 345 g/mol. The Kier molecular flexibility index (Phi) is 7.87. The van der Waals surface area contributed by atoms with Crippen molar-refractivity contribution in [2.45, 2.75) is 31.7 Å². The molecular weight excluding hydrogens is 323 g/mol. The predicted octanol–water partition coefficient (Wildman–Crippen LogP) is 2.94. The molecule has 4 nitrogen and oxygen atoms in total. The molecule has 0 radical (unpaired) electrons. The lowest BCUT2D eigenvalue weighted by Gasteiger charge is -2.24. The van der Waals surface area contributed by atoms with Crippen LogP contribution < -0.4 is 5.32 Å². The first-order valence-corrected chi connectivity index (χ1v) is 7.72. The number of halogens is 2. The van der Waals surface area contributed by atoms with E-state index < -0.39 is 0 Å². The molecule has 1 aromatic rings. The van der Waals surface area contributed by atoms with E-state index in [1.165, 1.54) is 0 Å². The third kappa shape index (κ3) is 4.97. The van der Waals surface area contributed by atoms with Gasteiger partial charge >= 0.3 is 0 Å². The molecule has 0 aromatic heterocycles. The molecule has 0 spiro atoms. The maximum absolute atomic E-state index is 12.2. The second-order valence-corrected chi connectivity index (χ2v) is 5.81. The number of likely N-dealkylation sites (N-methyl/N-ethyl adjacent to an activating group) is 1. The van der Waals surface area contributed by atoms with Gasteiger partial charge in [0.15, 0.2) is 5.78 Å². The van der Waals surface area contributed by atoms with E-state index in [0.717, 1.165) is 25.9 Å². The Hall–Kier alpha value is -1.10. The number of likely N-dealkylation sites (tertiary alicyclic amines) is 1. The lowest BCUT2D eigenvalue weighted by molar-refractivity contribution is -0.131. The van der Waals surface area contributed by atoms with Crippen LogP contribution in [0.25, 0.3) is 0 Å². The van der Waals surface area contributed by atoms with Gasteiger partial charge in [0.25, 0.3) is 0 Å². The molecule has 1 amide bonds. The molecule has 2 rings (SSSR count). The fourth-order valence-electron chi connectivity index (χ4n) is 2.76. The van der Waals surface area contributed by atoms with Crippen molar-refractivity contribution in [1.29, 1.82) is 0 Å². The quantitative estimate of drug-likeness (QED) is 0.807. The van der Waals surface area contributed by atoms with E-state index >= 15 is 0 Å². The van der Waals surface area contributed by atoms with Crippen LogP contribution in [0.5, 0.6) is 0 Å². The first kappa shape index (κ1) is 18.9. The summed E-state index contributed by atoms with van der Waals surface area (Å²) in [4.78, 5) is 26.2. The number of Topliss-reactive ketones (excluding diaryl/α,β-unsaturated/α-hetero) is 1. The van der Waals surface area contributed by atoms with Gasteiger partial charge in [-0.1, -0.05) is 11.6 Å². The Morgan fingerprint density at radius 2 is 1.95 bits per heavy atom. The van der Waals surface area contributed by atoms with Crippen LogP contribution in [0.3, 0.4) is 0 Å². The summed E-state index contributed by atoms with van der Waals surface area (Å²) in [6.07, 6.45) is 2.62. The van der Waals surface area contributed by atoms with Gasteiger partial charge in [-0.2, -0.15) is 0 Å². The highest BCUT2D eigenvalue weighted by molar-refractivity contribution is 6.30.